The number of aryl methyl sites for hydroxylation is 1. The summed E-state index contributed by atoms with van der Waals surface area (Å²) in [6.07, 6.45) is -0.383. The molecule has 0 unspecified atom stereocenters. The molecule has 0 saturated heterocycles. The monoisotopic (exact) mass is 479 g/mol. The zero-order valence-electron chi connectivity index (χ0n) is 19.2. The third-order valence-electron chi connectivity index (χ3n) is 5.42. The Bertz CT molecular complexity index is 1350. The number of hydrogen-bond donors (Lipinski definition) is 1. The van der Waals surface area contributed by atoms with Crippen LogP contribution in [0.3, 0.4) is 0 Å². The Kier molecular flexibility index (Phi) is 7.54. The first kappa shape index (κ1) is 24.7. The Balaban J connectivity index is 1.64. The number of carbonyl (C=O) groups is 2. The summed E-state index contributed by atoms with van der Waals surface area (Å²) in [5, 5.41) is 12.3. The van der Waals surface area contributed by atoms with Gasteiger partial charge in [-0.25, -0.2) is 8.42 Å². The van der Waals surface area contributed by atoms with Gasteiger partial charge in [-0.15, -0.1) is 0 Å². The molecule has 1 amide bonds. The Morgan fingerprint density at radius 2 is 1.68 bits per heavy atom. The molecule has 1 aromatic heterocycles. The van der Waals surface area contributed by atoms with E-state index in [1.807, 2.05) is 44.2 Å². The molecule has 0 bridgehead atoms. The predicted octanol–water partition coefficient (Wildman–Crippen LogP) is 3.62. The van der Waals surface area contributed by atoms with Crippen LogP contribution in [0.25, 0.3) is 5.69 Å². The number of amides is 1. The number of nitrogens with one attached hydrogen (secondary N) is 1. The van der Waals surface area contributed by atoms with Gasteiger partial charge < -0.3 is 10.1 Å². The van der Waals surface area contributed by atoms with Gasteiger partial charge in [0.25, 0.3) is 5.91 Å². The standard InChI is InChI=1S/C25H25N3O5S/c1-17-9-11-21(12-10-17)34(31,32)14-13-24(30)33-16-23(29)27-25-22(15-26)18(2)19(3)28(25)20-7-5-4-6-8-20/h4-12H,13-14,16H2,1-3H3,(H,27,29). The normalized spacial score (nSPS) is 11.0. The average Bonchev–Trinajstić information content (AvgIpc) is 3.06. The number of ether oxygens (including phenoxy) is 1. The van der Waals surface area contributed by atoms with E-state index in [0.29, 0.717) is 5.56 Å². The summed E-state index contributed by atoms with van der Waals surface area (Å²) in [5.74, 6) is -1.59. The molecule has 0 radical (unpaired) electrons. The Hall–Kier alpha value is -3.90. The highest BCUT2D eigenvalue weighted by atomic mass is 32.2. The van der Waals surface area contributed by atoms with E-state index in [2.05, 4.69) is 11.4 Å². The minimum absolute atomic E-state index is 0.125. The summed E-state index contributed by atoms with van der Waals surface area (Å²) in [5.41, 5.74) is 3.51. The second-order valence-corrected chi connectivity index (χ2v) is 9.92. The Morgan fingerprint density at radius 3 is 2.29 bits per heavy atom. The quantitative estimate of drug-likeness (QED) is 0.493. The molecule has 3 aromatic rings. The summed E-state index contributed by atoms with van der Waals surface area (Å²) in [7, 11) is -3.65. The molecule has 0 aliphatic heterocycles. The van der Waals surface area contributed by atoms with E-state index >= 15 is 0 Å². The maximum absolute atomic E-state index is 12.5. The van der Waals surface area contributed by atoms with Gasteiger partial charge in [0.15, 0.2) is 16.4 Å². The van der Waals surface area contributed by atoms with Crippen LogP contribution in [0.15, 0.2) is 59.5 Å². The van der Waals surface area contributed by atoms with Gasteiger partial charge in [0.2, 0.25) is 0 Å². The number of benzene rings is 2. The largest absolute Gasteiger partial charge is 0.456 e. The van der Waals surface area contributed by atoms with Crippen molar-refractivity contribution >= 4 is 27.5 Å². The molecule has 1 heterocycles. The van der Waals surface area contributed by atoms with Crippen LogP contribution in [-0.2, 0) is 24.2 Å². The molecule has 0 aliphatic rings. The molecule has 0 aliphatic carbocycles. The lowest BCUT2D eigenvalue weighted by atomic mass is 10.2. The maximum atomic E-state index is 12.5. The van der Waals surface area contributed by atoms with E-state index in [1.165, 1.54) is 12.1 Å². The lowest BCUT2D eigenvalue weighted by molar-refractivity contribution is -0.146. The van der Waals surface area contributed by atoms with Crippen molar-refractivity contribution in [2.75, 3.05) is 17.7 Å². The van der Waals surface area contributed by atoms with Crippen LogP contribution >= 0.6 is 0 Å². The molecular weight excluding hydrogens is 454 g/mol. The zero-order valence-corrected chi connectivity index (χ0v) is 20.0. The van der Waals surface area contributed by atoms with E-state index in [0.717, 1.165) is 22.5 Å². The van der Waals surface area contributed by atoms with Gasteiger partial charge in [0.1, 0.15) is 11.9 Å². The van der Waals surface area contributed by atoms with E-state index in [-0.39, 0.29) is 17.1 Å². The van der Waals surface area contributed by atoms with Gasteiger partial charge in [-0.05, 0) is 50.6 Å². The SMILES string of the molecule is Cc1ccc(S(=O)(=O)CCC(=O)OCC(=O)Nc2c(C#N)c(C)c(C)n2-c2ccccc2)cc1. The van der Waals surface area contributed by atoms with E-state index in [4.69, 9.17) is 4.74 Å². The van der Waals surface area contributed by atoms with Gasteiger partial charge in [0.05, 0.1) is 22.6 Å². The van der Waals surface area contributed by atoms with Crippen molar-refractivity contribution in [2.24, 2.45) is 0 Å². The number of carbonyl (C=O) groups excluding carboxylic acids is 2. The molecule has 34 heavy (non-hydrogen) atoms. The van der Waals surface area contributed by atoms with E-state index in [9.17, 15) is 23.3 Å². The summed E-state index contributed by atoms with van der Waals surface area (Å²) < 4.78 is 31.5. The van der Waals surface area contributed by atoms with Gasteiger partial charge >= 0.3 is 5.97 Å². The molecule has 0 fully saturated rings. The second kappa shape index (κ2) is 10.4. The number of nitriles is 1. The van der Waals surface area contributed by atoms with Crippen molar-refractivity contribution in [1.29, 1.82) is 5.26 Å². The van der Waals surface area contributed by atoms with Crippen molar-refractivity contribution in [2.45, 2.75) is 32.1 Å². The lowest BCUT2D eigenvalue weighted by Crippen LogP contribution is -2.23. The predicted molar refractivity (Wildman–Crippen MR) is 127 cm³/mol. The molecule has 0 atom stereocenters. The number of rotatable bonds is 8. The Labute approximate surface area is 198 Å². The number of para-hydroxylation sites is 1. The van der Waals surface area contributed by atoms with Crippen LogP contribution in [0.5, 0.6) is 0 Å². The molecular formula is C25H25N3O5S. The highest BCUT2D eigenvalue weighted by Gasteiger charge is 2.22. The highest BCUT2D eigenvalue weighted by Crippen LogP contribution is 2.29. The van der Waals surface area contributed by atoms with Crippen molar-refractivity contribution in [1.82, 2.24) is 4.57 Å². The first-order valence-electron chi connectivity index (χ1n) is 10.6. The van der Waals surface area contributed by atoms with Crippen molar-refractivity contribution in [3.8, 4) is 11.8 Å². The third-order valence-corrected chi connectivity index (χ3v) is 7.15. The number of aromatic nitrogens is 1. The van der Waals surface area contributed by atoms with Crippen LogP contribution < -0.4 is 5.32 Å². The number of anilines is 1. The highest BCUT2D eigenvalue weighted by molar-refractivity contribution is 7.91. The molecule has 2 aromatic carbocycles. The number of nitrogens with zero attached hydrogens (tertiary/aromatic N) is 2. The second-order valence-electron chi connectivity index (χ2n) is 7.81. The van der Waals surface area contributed by atoms with Crippen LogP contribution in [0.2, 0.25) is 0 Å². The molecule has 1 N–H and O–H groups in total. The molecule has 0 spiro atoms. The Morgan fingerprint density at radius 1 is 1.03 bits per heavy atom. The van der Waals surface area contributed by atoms with Crippen LogP contribution in [0.1, 0.15) is 28.8 Å². The molecule has 9 heteroatoms. The molecule has 176 valence electrons. The lowest BCUT2D eigenvalue weighted by Gasteiger charge is -2.13. The summed E-state index contributed by atoms with van der Waals surface area (Å²) in [6.45, 7) is 4.87. The van der Waals surface area contributed by atoms with E-state index < -0.39 is 34.1 Å². The van der Waals surface area contributed by atoms with Gasteiger partial charge in [0, 0.05) is 11.4 Å². The fraction of sp³-hybridized carbons (Fsp3) is 0.240. The van der Waals surface area contributed by atoms with Crippen LogP contribution in [0.4, 0.5) is 5.82 Å². The molecule has 0 saturated carbocycles. The molecule has 3 rings (SSSR count). The van der Waals surface area contributed by atoms with Crippen molar-refractivity contribution in [3.63, 3.8) is 0 Å². The van der Waals surface area contributed by atoms with Gasteiger partial charge in [-0.1, -0.05) is 35.9 Å². The number of esters is 1. The summed E-state index contributed by atoms with van der Waals surface area (Å²) in [6, 6.07) is 17.7. The average molecular weight is 480 g/mol. The third kappa shape index (κ3) is 5.53. The maximum Gasteiger partial charge on any atom is 0.307 e. The minimum Gasteiger partial charge on any atom is -0.456 e. The topological polar surface area (TPSA) is 118 Å². The fourth-order valence-electron chi connectivity index (χ4n) is 3.43. The van der Waals surface area contributed by atoms with Crippen molar-refractivity contribution < 1.29 is 22.7 Å². The van der Waals surface area contributed by atoms with Crippen LogP contribution in [-0.4, -0.2) is 37.2 Å². The first-order chi connectivity index (χ1) is 16.1. The van der Waals surface area contributed by atoms with E-state index in [1.54, 1.807) is 23.6 Å². The number of sulfone groups is 1. The summed E-state index contributed by atoms with van der Waals surface area (Å²) >= 11 is 0. The van der Waals surface area contributed by atoms with Crippen LogP contribution in [0, 0.1) is 32.1 Å². The fourth-order valence-corrected chi connectivity index (χ4v) is 4.65. The zero-order chi connectivity index (χ0) is 24.9. The van der Waals surface area contributed by atoms with Gasteiger partial charge in [-0.3, -0.25) is 14.2 Å². The smallest absolute Gasteiger partial charge is 0.307 e. The minimum atomic E-state index is -3.65. The molecule has 8 nitrogen and oxygen atoms in total. The number of hydrogen-bond acceptors (Lipinski definition) is 6. The first-order valence-corrected chi connectivity index (χ1v) is 12.2. The summed E-state index contributed by atoms with van der Waals surface area (Å²) in [4.78, 5) is 24.7. The van der Waals surface area contributed by atoms with Crippen molar-refractivity contribution in [3.05, 3.63) is 77.0 Å². The van der Waals surface area contributed by atoms with Gasteiger partial charge in [-0.2, -0.15) is 5.26 Å².